The Morgan fingerprint density at radius 3 is 2.53 bits per heavy atom. The lowest BCUT2D eigenvalue weighted by atomic mass is 9.91. The number of ketones is 1. The summed E-state index contributed by atoms with van der Waals surface area (Å²) in [6, 6.07) is 8.85. The third kappa shape index (κ3) is 4.05. The van der Waals surface area contributed by atoms with Gasteiger partial charge in [0.25, 0.3) is 0 Å². The summed E-state index contributed by atoms with van der Waals surface area (Å²) < 4.78 is 14.1. The topological polar surface area (TPSA) is 88.2 Å². The van der Waals surface area contributed by atoms with E-state index in [1.54, 1.807) is 6.20 Å². The second-order valence-electron chi connectivity index (χ2n) is 8.96. The van der Waals surface area contributed by atoms with Gasteiger partial charge in [0.2, 0.25) is 0 Å². The normalized spacial score (nSPS) is 21.0. The molecule has 0 amide bonds. The van der Waals surface area contributed by atoms with Gasteiger partial charge < -0.3 is 16.2 Å². The molecular formula is C25H25ClFN3O2. The van der Waals surface area contributed by atoms with Crippen LogP contribution in [0.2, 0.25) is 5.02 Å². The van der Waals surface area contributed by atoms with Gasteiger partial charge in [-0.1, -0.05) is 17.7 Å². The molecule has 166 valence electrons. The first-order valence-electron chi connectivity index (χ1n) is 11.1. The molecule has 5 rings (SSSR count). The maximum absolute atomic E-state index is 14.1. The first-order chi connectivity index (χ1) is 15.4. The van der Waals surface area contributed by atoms with Crippen molar-refractivity contribution < 1.29 is 14.3 Å². The molecule has 1 aromatic heterocycles. The van der Waals surface area contributed by atoms with Gasteiger partial charge in [-0.05, 0) is 73.9 Å². The number of anilines is 1. The van der Waals surface area contributed by atoms with Gasteiger partial charge in [-0.25, -0.2) is 4.39 Å². The Kier molecular flexibility index (Phi) is 5.51. The number of carbonyl (C=O) groups is 1. The van der Waals surface area contributed by atoms with E-state index < -0.39 is 11.6 Å². The molecule has 0 aliphatic heterocycles. The number of hydrogen-bond acceptors (Lipinski definition) is 5. The first-order valence-corrected chi connectivity index (χ1v) is 11.5. The maximum Gasteiger partial charge on any atom is 0.170 e. The van der Waals surface area contributed by atoms with Crippen LogP contribution in [0.15, 0.2) is 36.5 Å². The molecule has 4 N–H and O–H groups in total. The summed E-state index contributed by atoms with van der Waals surface area (Å²) in [6.45, 7) is 0. The van der Waals surface area contributed by atoms with E-state index in [1.165, 1.54) is 12.1 Å². The molecule has 32 heavy (non-hydrogen) atoms. The highest BCUT2D eigenvalue weighted by Crippen LogP contribution is 2.39. The smallest absolute Gasteiger partial charge is 0.170 e. The van der Waals surface area contributed by atoms with Crippen LogP contribution in [-0.4, -0.2) is 28.0 Å². The van der Waals surface area contributed by atoms with Crippen LogP contribution < -0.4 is 11.1 Å². The Morgan fingerprint density at radius 1 is 1.09 bits per heavy atom. The van der Waals surface area contributed by atoms with E-state index in [0.29, 0.717) is 11.1 Å². The second-order valence-corrected chi connectivity index (χ2v) is 9.37. The molecule has 2 aromatic carbocycles. The summed E-state index contributed by atoms with van der Waals surface area (Å²) in [5.74, 6) is -1.14. The number of aromatic hydroxyl groups is 1. The lowest BCUT2D eigenvalue weighted by Crippen LogP contribution is -2.33. The van der Waals surface area contributed by atoms with Gasteiger partial charge in [0.1, 0.15) is 0 Å². The average molecular weight is 454 g/mol. The molecule has 0 spiro atoms. The van der Waals surface area contributed by atoms with Gasteiger partial charge in [0.15, 0.2) is 17.3 Å². The largest absolute Gasteiger partial charge is 0.504 e. The third-order valence-electron chi connectivity index (χ3n) is 6.55. The van der Waals surface area contributed by atoms with Crippen LogP contribution in [0.1, 0.15) is 48.9 Å². The minimum Gasteiger partial charge on any atom is -0.504 e. The number of hydrogen-bond donors (Lipinski definition) is 3. The van der Waals surface area contributed by atoms with Crippen molar-refractivity contribution in [3.8, 4) is 16.9 Å². The van der Waals surface area contributed by atoms with Crippen molar-refractivity contribution in [3.05, 3.63) is 52.9 Å². The molecule has 0 saturated heterocycles. The Balaban J connectivity index is 1.62. The SMILES string of the molecule is NC1CCC(Nc2c(C(=O)C3CC3)cnc3ccc(-c4cc(F)c(O)c(Cl)c4)cc23)CC1. The van der Waals surface area contributed by atoms with Crippen LogP contribution in [0.25, 0.3) is 22.0 Å². The molecule has 2 aliphatic carbocycles. The number of fused-ring (bicyclic) bond motifs is 1. The summed E-state index contributed by atoms with van der Waals surface area (Å²) in [4.78, 5) is 17.6. The molecule has 2 fully saturated rings. The highest BCUT2D eigenvalue weighted by Gasteiger charge is 2.33. The van der Waals surface area contributed by atoms with E-state index in [1.807, 2.05) is 18.2 Å². The Labute approximate surface area is 190 Å². The first kappa shape index (κ1) is 21.2. The number of nitrogens with two attached hydrogens (primary N) is 1. The quantitative estimate of drug-likeness (QED) is 0.433. The molecule has 0 bridgehead atoms. The lowest BCUT2D eigenvalue weighted by Gasteiger charge is -2.29. The summed E-state index contributed by atoms with van der Waals surface area (Å²) in [6.07, 6.45) is 7.30. The van der Waals surface area contributed by atoms with E-state index >= 15 is 0 Å². The van der Waals surface area contributed by atoms with Crippen molar-refractivity contribution in [1.29, 1.82) is 0 Å². The summed E-state index contributed by atoms with van der Waals surface area (Å²) in [5.41, 5.74) is 9.50. The van der Waals surface area contributed by atoms with Crippen molar-refractivity contribution in [2.24, 2.45) is 11.7 Å². The Bertz CT molecular complexity index is 1180. The van der Waals surface area contributed by atoms with Crippen molar-refractivity contribution in [2.45, 2.75) is 50.6 Å². The van der Waals surface area contributed by atoms with Crippen LogP contribution in [0.4, 0.5) is 10.1 Å². The lowest BCUT2D eigenvalue weighted by molar-refractivity contribution is 0.0968. The second kappa shape index (κ2) is 8.34. The van der Waals surface area contributed by atoms with Gasteiger partial charge in [-0.3, -0.25) is 9.78 Å². The standard InChI is InChI=1S/C25H25ClFN3O2/c26-20-10-15(11-21(27)25(20)32)14-3-8-22-18(9-14)23(30-17-6-4-16(28)5-7-17)19(12-29-22)24(31)13-1-2-13/h3,8-13,16-17,32H,1-2,4-7,28H2,(H,29,30). The molecular weight excluding hydrogens is 429 g/mol. The molecule has 0 radical (unpaired) electrons. The van der Waals surface area contributed by atoms with Gasteiger partial charge in [-0.2, -0.15) is 0 Å². The number of Topliss-reactive ketones (excluding diaryl/α,β-unsaturated/α-hetero) is 1. The highest BCUT2D eigenvalue weighted by molar-refractivity contribution is 6.32. The number of nitrogens with zero attached hydrogens (tertiary/aromatic N) is 1. The molecule has 3 aromatic rings. The number of carbonyl (C=O) groups excluding carboxylic acids is 1. The van der Waals surface area contributed by atoms with Gasteiger partial charge in [-0.15, -0.1) is 0 Å². The Morgan fingerprint density at radius 2 is 1.84 bits per heavy atom. The summed E-state index contributed by atoms with van der Waals surface area (Å²) in [7, 11) is 0. The zero-order valence-electron chi connectivity index (χ0n) is 17.6. The van der Waals surface area contributed by atoms with E-state index in [-0.39, 0.29) is 28.8 Å². The van der Waals surface area contributed by atoms with Crippen LogP contribution in [0.5, 0.6) is 5.75 Å². The van der Waals surface area contributed by atoms with Crippen molar-refractivity contribution >= 4 is 34.0 Å². The van der Waals surface area contributed by atoms with Crippen LogP contribution in [0, 0.1) is 11.7 Å². The molecule has 1 heterocycles. The van der Waals surface area contributed by atoms with Gasteiger partial charge in [0.05, 0.1) is 21.8 Å². The van der Waals surface area contributed by atoms with Crippen molar-refractivity contribution in [1.82, 2.24) is 4.98 Å². The monoisotopic (exact) mass is 453 g/mol. The van der Waals surface area contributed by atoms with E-state index in [9.17, 15) is 14.3 Å². The number of rotatable bonds is 5. The average Bonchev–Trinajstić information content (AvgIpc) is 3.63. The zero-order chi connectivity index (χ0) is 22.4. The number of nitrogens with one attached hydrogen (secondary N) is 1. The summed E-state index contributed by atoms with van der Waals surface area (Å²) >= 11 is 6.00. The number of halogens is 2. The fourth-order valence-corrected chi connectivity index (χ4v) is 4.69. The minimum atomic E-state index is -0.778. The predicted molar refractivity (Wildman–Crippen MR) is 125 cm³/mol. The van der Waals surface area contributed by atoms with E-state index in [0.717, 1.165) is 60.7 Å². The number of pyridine rings is 1. The number of phenols is 1. The Hall–Kier alpha value is -2.70. The molecule has 0 unspecified atom stereocenters. The molecule has 2 saturated carbocycles. The van der Waals surface area contributed by atoms with E-state index in [2.05, 4.69) is 10.3 Å². The number of aromatic nitrogens is 1. The van der Waals surface area contributed by atoms with Crippen molar-refractivity contribution in [2.75, 3.05) is 5.32 Å². The predicted octanol–water partition coefficient (Wildman–Crippen LogP) is 5.67. The molecule has 7 heteroatoms. The summed E-state index contributed by atoms with van der Waals surface area (Å²) in [5, 5.41) is 14.1. The van der Waals surface area contributed by atoms with Crippen LogP contribution >= 0.6 is 11.6 Å². The fourth-order valence-electron chi connectivity index (χ4n) is 4.48. The van der Waals surface area contributed by atoms with Gasteiger partial charge >= 0.3 is 0 Å². The fraction of sp³-hybridized carbons (Fsp3) is 0.360. The zero-order valence-corrected chi connectivity index (χ0v) is 18.3. The molecule has 2 aliphatic rings. The minimum absolute atomic E-state index is 0.0484. The van der Waals surface area contributed by atoms with E-state index in [4.69, 9.17) is 17.3 Å². The van der Waals surface area contributed by atoms with Crippen LogP contribution in [0.3, 0.4) is 0 Å². The van der Waals surface area contributed by atoms with Crippen LogP contribution in [-0.2, 0) is 0 Å². The number of benzene rings is 2. The third-order valence-corrected chi connectivity index (χ3v) is 6.84. The van der Waals surface area contributed by atoms with Gasteiger partial charge in [0, 0.05) is 29.6 Å². The van der Waals surface area contributed by atoms with Crippen molar-refractivity contribution in [3.63, 3.8) is 0 Å². The maximum atomic E-state index is 14.1. The molecule has 5 nitrogen and oxygen atoms in total. The molecule has 0 atom stereocenters. The number of phenolic OH excluding ortho intramolecular Hbond substituents is 1. The highest BCUT2D eigenvalue weighted by atomic mass is 35.5.